The fourth-order valence-electron chi connectivity index (χ4n) is 2.78. The topological polar surface area (TPSA) is 9.23 Å². The molecule has 0 saturated heterocycles. The van der Waals surface area contributed by atoms with Crippen LogP contribution in [-0.2, 0) is 4.74 Å². The minimum Gasteiger partial charge on any atom is -0.245 e. The van der Waals surface area contributed by atoms with Crippen LogP contribution in [-0.4, -0.2) is 71.4 Å². The summed E-state index contributed by atoms with van der Waals surface area (Å²) in [5, 5.41) is 0. The van der Waals surface area contributed by atoms with Crippen molar-refractivity contribution in [3.05, 3.63) is 25.3 Å². The number of halogens is 24. The van der Waals surface area contributed by atoms with Crippen molar-refractivity contribution in [1.29, 1.82) is 0 Å². The molecule has 0 aliphatic heterocycles. The normalized spacial score (nSPS) is 16.2. The summed E-state index contributed by atoms with van der Waals surface area (Å²) in [6.45, 7) is 5.17. The van der Waals surface area contributed by atoms with Crippen molar-refractivity contribution in [3.8, 4) is 0 Å². The smallest absolute Gasteiger partial charge is 0.245 e. The van der Waals surface area contributed by atoms with E-state index in [-0.39, 0.29) is 12.2 Å². The average Bonchev–Trinajstić information content (AvgIpc) is 2.84. The molecule has 0 N–H and O–H groups in total. The van der Waals surface area contributed by atoms with Gasteiger partial charge in [-0.1, -0.05) is 12.2 Å². The average molecular weight is 726 g/mol. The molecular weight excluding hydrogens is 712 g/mol. The lowest BCUT2D eigenvalue weighted by molar-refractivity contribution is -0.526. The van der Waals surface area contributed by atoms with E-state index in [9.17, 15) is 105 Å². The molecule has 268 valence electrons. The van der Waals surface area contributed by atoms with Crippen LogP contribution in [0.25, 0.3) is 0 Å². The largest absolute Gasteiger partial charge is 0.430 e. The standard InChI is InChI=1S/C20H14F24O/c1-3-5-7-9(21,22)11(25,26)13(29,30)15(33,34)17(37,38)19(41,42)45-20(43,44)18(39,40)16(35,36)14(31,32)12(27,28)10(23,24)8-6-4-2/h3-4H,1-2,5-8H2. The Morgan fingerprint density at radius 3 is 0.733 bits per heavy atom. The summed E-state index contributed by atoms with van der Waals surface area (Å²) < 4.78 is 328. The highest BCUT2D eigenvalue weighted by atomic mass is 19.4. The highest BCUT2D eigenvalue weighted by Gasteiger charge is 2.94. The van der Waals surface area contributed by atoms with Gasteiger partial charge in [-0.15, -0.1) is 13.2 Å². The molecule has 0 aromatic rings. The lowest BCUT2D eigenvalue weighted by Gasteiger charge is -2.43. The van der Waals surface area contributed by atoms with Gasteiger partial charge in [-0.05, 0) is 12.8 Å². The summed E-state index contributed by atoms with van der Waals surface area (Å²) in [6, 6.07) is 0. The van der Waals surface area contributed by atoms with Crippen LogP contribution in [0.3, 0.4) is 0 Å². The van der Waals surface area contributed by atoms with E-state index in [0.29, 0.717) is 0 Å². The lowest BCUT2D eigenvalue weighted by atomic mass is 9.91. The van der Waals surface area contributed by atoms with Crippen LogP contribution in [0.15, 0.2) is 25.3 Å². The van der Waals surface area contributed by atoms with Crippen molar-refractivity contribution in [2.45, 2.75) is 97.1 Å². The Morgan fingerprint density at radius 1 is 0.333 bits per heavy atom. The second-order valence-electron chi connectivity index (χ2n) is 8.79. The van der Waals surface area contributed by atoms with Gasteiger partial charge in [-0.25, -0.2) is 4.74 Å². The van der Waals surface area contributed by atoms with Crippen LogP contribution >= 0.6 is 0 Å². The monoisotopic (exact) mass is 726 g/mol. The van der Waals surface area contributed by atoms with Crippen molar-refractivity contribution in [2.24, 2.45) is 0 Å². The molecule has 0 heterocycles. The summed E-state index contributed by atoms with van der Waals surface area (Å²) >= 11 is 0. The molecular formula is C20H14F24O. The summed E-state index contributed by atoms with van der Waals surface area (Å²) in [5.74, 6) is -81.5. The van der Waals surface area contributed by atoms with Gasteiger partial charge in [0, 0.05) is 12.8 Å². The second kappa shape index (κ2) is 11.8. The van der Waals surface area contributed by atoms with Gasteiger partial charge in [0.2, 0.25) is 0 Å². The fraction of sp³-hybridized carbons (Fsp3) is 0.800. The molecule has 0 aliphatic carbocycles. The summed E-state index contributed by atoms with van der Waals surface area (Å²) in [5.41, 5.74) is 0. The van der Waals surface area contributed by atoms with Gasteiger partial charge in [0.15, 0.2) is 0 Å². The highest BCUT2D eigenvalue weighted by molar-refractivity contribution is 5.13. The fourth-order valence-corrected chi connectivity index (χ4v) is 2.78. The molecule has 0 saturated carbocycles. The molecule has 0 atom stereocenters. The third-order valence-corrected chi connectivity index (χ3v) is 5.60. The van der Waals surface area contributed by atoms with Gasteiger partial charge in [0.25, 0.3) is 0 Å². The van der Waals surface area contributed by atoms with E-state index >= 15 is 0 Å². The van der Waals surface area contributed by atoms with E-state index in [1.54, 1.807) is 0 Å². The number of alkyl halides is 24. The lowest BCUT2D eigenvalue weighted by Crippen LogP contribution is -2.73. The zero-order chi connectivity index (χ0) is 36.9. The molecule has 0 bridgehead atoms. The highest BCUT2D eigenvalue weighted by Crippen LogP contribution is 2.64. The zero-order valence-electron chi connectivity index (χ0n) is 20.9. The Hall–Kier alpha value is -2.24. The summed E-state index contributed by atoms with van der Waals surface area (Å²) in [7, 11) is 0. The molecule has 0 spiro atoms. The third kappa shape index (κ3) is 6.13. The van der Waals surface area contributed by atoms with Crippen molar-refractivity contribution >= 4 is 0 Å². The predicted molar refractivity (Wildman–Crippen MR) is 99.3 cm³/mol. The minimum absolute atomic E-state index is 0.205. The molecule has 1 nitrogen and oxygen atoms in total. The Morgan fingerprint density at radius 2 is 0.533 bits per heavy atom. The molecule has 0 fully saturated rings. The minimum atomic E-state index is -8.90. The number of ether oxygens (including phenoxy) is 1. The molecule has 0 amide bonds. The summed E-state index contributed by atoms with van der Waals surface area (Å²) in [4.78, 5) is 0. The van der Waals surface area contributed by atoms with Gasteiger partial charge in [0.05, 0.1) is 0 Å². The first kappa shape index (κ1) is 42.8. The molecule has 0 unspecified atom stereocenters. The molecule has 0 rings (SSSR count). The maximum atomic E-state index is 13.7. The van der Waals surface area contributed by atoms with E-state index in [0.717, 1.165) is 4.74 Å². The van der Waals surface area contributed by atoms with Crippen LogP contribution < -0.4 is 0 Å². The number of rotatable bonds is 18. The van der Waals surface area contributed by atoms with Crippen LogP contribution in [0.4, 0.5) is 105 Å². The van der Waals surface area contributed by atoms with Gasteiger partial charge < -0.3 is 0 Å². The number of hydrogen-bond acceptors (Lipinski definition) is 1. The van der Waals surface area contributed by atoms with Crippen LogP contribution in [0.1, 0.15) is 25.7 Å². The SMILES string of the molecule is C=CCCC(F)(F)C(F)(F)C(F)(F)C(F)(F)C(F)(F)C(F)(F)OC(F)(F)C(F)(F)C(F)(F)C(F)(F)C(F)(F)C(F)(F)CCC=C. The van der Waals surface area contributed by atoms with Crippen LogP contribution in [0, 0.1) is 0 Å². The molecule has 0 radical (unpaired) electrons. The number of hydrogen-bond donors (Lipinski definition) is 0. The Balaban J connectivity index is 6.96. The van der Waals surface area contributed by atoms with E-state index < -0.39 is 97.1 Å². The molecule has 0 aromatic carbocycles. The van der Waals surface area contributed by atoms with Gasteiger partial charge >= 0.3 is 71.4 Å². The van der Waals surface area contributed by atoms with Gasteiger partial charge in [-0.2, -0.15) is 105 Å². The summed E-state index contributed by atoms with van der Waals surface area (Å²) in [6.07, 6.45) is -25.4. The van der Waals surface area contributed by atoms with Crippen molar-refractivity contribution in [2.75, 3.05) is 0 Å². The molecule has 45 heavy (non-hydrogen) atoms. The van der Waals surface area contributed by atoms with Gasteiger partial charge in [-0.3, -0.25) is 0 Å². The Kier molecular flexibility index (Phi) is 11.2. The molecule has 25 heteroatoms. The second-order valence-corrected chi connectivity index (χ2v) is 8.79. The molecule has 0 aliphatic rings. The van der Waals surface area contributed by atoms with Crippen LogP contribution in [0.2, 0.25) is 0 Å². The maximum absolute atomic E-state index is 13.7. The van der Waals surface area contributed by atoms with E-state index in [2.05, 4.69) is 13.2 Å². The quantitative estimate of drug-likeness (QED) is 0.101. The maximum Gasteiger partial charge on any atom is 0.430 e. The molecule has 0 aromatic heterocycles. The van der Waals surface area contributed by atoms with E-state index in [4.69, 9.17) is 0 Å². The zero-order valence-corrected chi connectivity index (χ0v) is 20.9. The third-order valence-electron chi connectivity index (χ3n) is 5.60. The van der Waals surface area contributed by atoms with E-state index in [1.807, 2.05) is 0 Å². The van der Waals surface area contributed by atoms with Crippen molar-refractivity contribution in [3.63, 3.8) is 0 Å². The van der Waals surface area contributed by atoms with Crippen molar-refractivity contribution < 1.29 is 110 Å². The Bertz CT molecular complexity index is 975. The number of allylic oxidation sites excluding steroid dienone is 2. The first-order chi connectivity index (χ1) is 19.3. The van der Waals surface area contributed by atoms with Crippen LogP contribution in [0.5, 0.6) is 0 Å². The van der Waals surface area contributed by atoms with E-state index in [1.165, 1.54) is 0 Å². The predicted octanol–water partition coefficient (Wildman–Crippen LogP) is 10.5. The van der Waals surface area contributed by atoms with Gasteiger partial charge in [0.1, 0.15) is 0 Å². The first-order valence-corrected chi connectivity index (χ1v) is 10.8. The van der Waals surface area contributed by atoms with Crippen molar-refractivity contribution in [1.82, 2.24) is 0 Å². The Labute approximate surface area is 233 Å². The first-order valence-electron chi connectivity index (χ1n) is 10.8.